The van der Waals surface area contributed by atoms with Gasteiger partial charge in [-0.1, -0.05) is 0 Å². The van der Waals surface area contributed by atoms with Crippen LogP contribution in [0.5, 0.6) is 0 Å². The van der Waals surface area contributed by atoms with E-state index in [1.807, 2.05) is 13.8 Å². The van der Waals surface area contributed by atoms with Gasteiger partial charge in [-0.15, -0.1) is 34.2 Å². The Morgan fingerprint density at radius 1 is 1.32 bits per heavy atom. The lowest BCUT2D eigenvalue weighted by Gasteiger charge is -2.24. The fraction of sp³-hybridized carbons (Fsp3) is 0.786. The summed E-state index contributed by atoms with van der Waals surface area (Å²) >= 11 is 0. The Labute approximate surface area is 149 Å². The molecule has 2 rings (SSSR count). The summed E-state index contributed by atoms with van der Waals surface area (Å²) in [7, 11) is 3.47. The molecule has 0 aliphatic carbocycles. The van der Waals surface area contributed by atoms with E-state index in [2.05, 4.69) is 30.4 Å². The van der Waals surface area contributed by atoms with E-state index in [4.69, 9.17) is 4.74 Å². The number of nitrogens with one attached hydrogen (secondary N) is 2. The number of guanidine groups is 1. The van der Waals surface area contributed by atoms with Gasteiger partial charge in [0.15, 0.2) is 11.8 Å². The second-order valence-electron chi connectivity index (χ2n) is 5.88. The van der Waals surface area contributed by atoms with E-state index >= 15 is 0 Å². The van der Waals surface area contributed by atoms with Gasteiger partial charge in [-0.3, -0.25) is 4.99 Å². The number of ether oxygens (including phenoxy) is 1. The summed E-state index contributed by atoms with van der Waals surface area (Å²) in [5.74, 6) is 2.81. The van der Waals surface area contributed by atoms with Crippen LogP contribution >= 0.6 is 24.0 Å². The van der Waals surface area contributed by atoms with Crippen LogP contribution in [0, 0.1) is 0 Å². The largest absolute Gasteiger partial charge is 0.377 e. The maximum absolute atomic E-state index is 5.39. The quantitative estimate of drug-likeness (QED) is 0.426. The van der Waals surface area contributed by atoms with Crippen molar-refractivity contribution in [3.8, 4) is 0 Å². The zero-order chi connectivity index (χ0) is 15.3. The molecule has 22 heavy (non-hydrogen) atoms. The molecule has 7 nitrogen and oxygen atoms in total. The number of methoxy groups -OCH3 is 1. The van der Waals surface area contributed by atoms with Crippen LogP contribution < -0.4 is 10.6 Å². The zero-order valence-electron chi connectivity index (χ0n) is 13.8. The molecule has 0 radical (unpaired) electrons. The van der Waals surface area contributed by atoms with Crippen LogP contribution in [0.1, 0.15) is 38.3 Å². The van der Waals surface area contributed by atoms with E-state index in [9.17, 15) is 0 Å². The van der Waals surface area contributed by atoms with Crippen LogP contribution in [0.3, 0.4) is 0 Å². The number of rotatable bonds is 5. The van der Waals surface area contributed by atoms with Crippen molar-refractivity contribution in [1.29, 1.82) is 0 Å². The number of halogens is 1. The van der Waals surface area contributed by atoms with Gasteiger partial charge in [0, 0.05) is 33.7 Å². The third-order valence-electron chi connectivity index (χ3n) is 3.81. The van der Waals surface area contributed by atoms with E-state index < -0.39 is 0 Å². The van der Waals surface area contributed by atoms with Crippen LogP contribution in [0.15, 0.2) is 4.99 Å². The molecule has 0 saturated carbocycles. The van der Waals surface area contributed by atoms with Crippen LogP contribution in [-0.2, 0) is 24.2 Å². The van der Waals surface area contributed by atoms with E-state index in [0.717, 1.165) is 30.6 Å². The minimum absolute atomic E-state index is 0. The Bertz CT molecular complexity index is 500. The minimum atomic E-state index is -0.231. The summed E-state index contributed by atoms with van der Waals surface area (Å²) < 4.78 is 7.60. The second-order valence-corrected chi connectivity index (χ2v) is 5.88. The van der Waals surface area contributed by atoms with Crippen LogP contribution in [0.2, 0.25) is 0 Å². The summed E-state index contributed by atoms with van der Waals surface area (Å²) in [6, 6.07) is 0. The molecule has 0 amide bonds. The number of nitrogens with zero attached hydrogens (tertiary/aromatic N) is 4. The number of fused-ring (bicyclic) bond motifs is 1. The van der Waals surface area contributed by atoms with Crippen LogP contribution in [-0.4, -0.2) is 47.0 Å². The fourth-order valence-electron chi connectivity index (χ4n) is 2.25. The van der Waals surface area contributed by atoms with Crippen molar-refractivity contribution in [3.05, 3.63) is 11.6 Å². The van der Waals surface area contributed by atoms with Crippen molar-refractivity contribution in [3.63, 3.8) is 0 Å². The van der Waals surface area contributed by atoms with Crippen molar-refractivity contribution in [2.24, 2.45) is 4.99 Å². The average molecular weight is 422 g/mol. The highest BCUT2D eigenvalue weighted by Gasteiger charge is 2.18. The molecule has 0 saturated heterocycles. The Balaban J connectivity index is 0.00000242. The van der Waals surface area contributed by atoms with Gasteiger partial charge in [-0.2, -0.15) is 0 Å². The average Bonchev–Trinajstić information content (AvgIpc) is 2.91. The standard InChI is InChI=1S/C14H26N6O.HI/c1-14(2,21-4)10-17-13(15-3)16-9-12-19-18-11-7-5-6-8-20(11)12;/h5-10H2,1-4H3,(H2,15,16,17);1H. The summed E-state index contributed by atoms with van der Waals surface area (Å²) in [4.78, 5) is 4.22. The molecule has 126 valence electrons. The molecular formula is C14H27IN6O. The van der Waals surface area contributed by atoms with Crippen molar-refractivity contribution in [2.75, 3.05) is 20.7 Å². The minimum Gasteiger partial charge on any atom is -0.377 e. The highest BCUT2D eigenvalue weighted by Crippen LogP contribution is 2.13. The van der Waals surface area contributed by atoms with Gasteiger partial charge in [-0.25, -0.2) is 0 Å². The normalized spacial score (nSPS) is 15.0. The van der Waals surface area contributed by atoms with Crippen molar-refractivity contribution < 1.29 is 4.74 Å². The van der Waals surface area contributed by atoms with E-state index in [1.165, 1.54) is 12.8 Å². The molecule has 1 aromatic rings. The maximum Gasteiger partial charge on any atom is 0.191 e. The summed E-state index contributed by atoms with van der Waals surface area (Å²) in [5, 5.41) is 15.1. The Hall–Kier alpha value is -0.900. The SMILES string of the molecule is CN=C(NCc1nnc2n1CCCC2)NCC(C)(C)OC.I. The highest BCUT2D eigenvalue weighted by atomic mass is 127. The molecule has 2 N–H and O–H groups in total. The van der Waals surface area contributed by atoms with E-state index in [0.29, 0.717) is 13.1 Å². The first-order valence-electron chi connectivity index (χ1n) is 7.46. The number of hydrogen-bond acceptors (Lipinski definition) is 4. The predicted molar refractivity (Wildman–Crippen MR) is 97.7 cm³/mol. The fourth-order valence-corrected chi connectivity index (χ4v) is 2.25. The van der Waals surface area contributed by atoms with Crippen molar-refractivity contribution in [1.82, 2.24) is 25.4 Å². The molecule has 1 aromatic heterocycles. The molecular weight excluding hydrogens is 395 g/mol. The van der Waals surface area contributed by atoms with Crippen molar-refractivity contribution >= 4 is 29.9 Å². The number of aliphatic imine (C=N–C) groups is 1. The van der Waals surface area contributed by atoms with Gasteiger partial charge in [0.25, 0.3) is 0 Å². The Morgan fingerprint density at radius 2 is 2.09 bits per heavy atom. The monoisotopic (exact) mass is 422 g/mol. The summed E-state index contributed by atoms with van der Waals surface area (Å²) in [6.45, 7) is 6.38. The predicted octanol–water partition coefficient (Wildman–Crippen LogP) is 1.32. The molecule has 0 aromatic carbocycles. The van der Waals surface area contributed by atoms with Crippen molar-refractivity contribution in [2.45, 2.75) is 51.8 Å². The van der Waals surface area contributed by atoms with E-state index in [-0.39, 0.29) is 29.6 Å². The Morgan fingerprint density at radius 3 is 2.77 bits per heavy atom. The first-order valence-corrected chi connectivity index (χ1v) is 7.46. The van der Waals surface area contributed by atoms with Gasteiger partial charge in [-0.05, 0) is 26.7 Å². The lowest BCUT2D eigenvalue weighted by atomic mass is 10.1. The molecule has 0 spiro atoms. The van der Waals surface area contributed by atoms with E-state index in [1.54, 1.807) is 14.2 Å². The third kappa shape index (κ3) is 5.08. The lowest BCUT2D eigenvalue weighted by Crippen LogP contribution is -2.45. The van der Waals surface area contributed by atoms with Gasteiger partial charge >= 0.3 is 0 Å². The molecule has 1 aliphatic heterocycles. The number of aromatic nitrogens is 3. The molecule has 0 fully saturated rings. The second kappa shape index (κ2) is 8.66. The Kier molecular flexibility index (Phi) is 7.54. The van der Waals surface area contributed by atoms with Gasteiger partial charge in [0.1, 0.15) is 5.82 Å². The first-order chi connectivity index (χ1) is 10.1. The third-order valence-corrected chi connectivity index (χ3v) is 3.81. The molecule has 1 aliphatic rings. The molecule has 8 heteroatoms. The van der Waals surface area contributed by atoms with Crippen LogP contribution in [0.25, 0.3) is 0 Å². The topological polar surface area (TPSA) is 76.4 Å². The lowest BCUT2D eigenvalue weighted by molar-refractivity contribution is 0.0268. The smallest absolute Gasteiger partial charge is 0.191 e. The highest BCUT2D eigenvalue weighted by molar-refractivity contribution is 14.0. The summed E-state index contributed by atoms with van der Waals surface area (Å²) in [6.07, 6.45) is 3.44. The van der Waals surface area contributed by atoms with Gasteiger partial charge in [0.05, 0.1) is 12.1 Å². The zero-order valence-corrected chi connectivity index (χ0v) is 16.2. The molecule has 2 heterocycles. The molecule has 0 unspecified atom stereocenters. The molecule has 0 atom stereocenters. The maximum atomic E-state index is 5.39. The summed E-state index contributed by atoms with van der Waals surface area (Å²) in [5.41, 5.74) is -0.231. The van der Waals surface area contributed by atoms with Crippen LogP contribution in [0.4, 0.5) is 0 Å². The number of aryl methyl sites for hydroxylation is 1. The molecule has 0 bridgehead atoms. The number of hydrogen-bond donors (Lipinski definition) is 2. The van der Waals surface area contributed by atoms with Gasteiger partial charge in [0.2, 0.25) is 0 Å². The van der Waals surface area contributed by atoms with Gasteiger partial charge < -0.3 is 19.9 Å². The first kappa shape index (κ1) is 19.1.